The molecule has 1 N–H and O–H groups in total. The number of aromatic nitrogens is 1. The van der Waals surface area contributed by atoms with Gasteiger partial charge in [-0.2, -0.15) is 0 Å². The van der Waals surface area contributed by atoms with Gasteiger partial charge in [-0.05, 0) is 44.4 Å². The standard InChI is InChI=1S/C17H24N4OS/c1-20(2)10-8-19-17(22)13-4-3-9-21(12-13)16-14-6-11-23-15(14)5-7-18-16/h5-7,11,13H,3-4,8-10,12H2,1-2H3,(H,19,22). The maximum absolute atomic E-state index is 12.4. The van der Waals surface area contributed by atoms with E-state index in [1.165, 1.54) is 10.1 Å². The molecule has 1 aliphatic heterocycles. The topological polar surface area (TPSA) is 48.5 Å². The van der Waals surface area contributed by atoms with Gasteiger partial charge in [-0.15, -0.1) is 11.3 Å². The van der Waals surface area contributed by atoms with Crippen LogP contribution in [0, 0.1) is 5.92 Å². The van der Waals surface area contributed by atoms with Gasteiger partial charge >= 0.3 is 0 Å². The lowest BCUT2D eigenvalue weighted by molar-refractivity contribution is -0.125. The fourth-order valence-corrected chi connectivity index (χ4v) is 3.84. The molecule has 3 rings (SSSR count). The average Bonchev–Trinajstić information content (AvgIpc) is 3.03. The summed E-state index contributed by atoms with van der Waals surface area (Å²) >= 11 is 1.74. The minimum atomic E-state index is 0.0570. The smallest absolute Gasteiger partial charge is 0.224 e. The van der Waals surface area contributed by atoms with Crippen molar-refractivity contribution in [2.45, 2.75) is 12.8 Å². The molecule has 0 aromatic carbocycles. The maximum atomic E-state index is 12.4. The van der Waals surface area contributed by atoms with E-state index in [9.17, 15) is 4.79 Å². The van der Waals surface area contributed by atoms with Crippen LogP contribution in [0.25, 0.3) is 10.1 Å². The molecule has 1 amide bonds. The van der Waals surface area contributed by atoms with Gasteiger partial charge < -0.3 is 15.1 Å². The van der Waals surface area contributed by atoms with Crippen LogP contribution in [0.15, 0.2) is 23.7 Å². The summed E-state index contributed by atoms with van der Waals surface area (Å²) in [4.78, 5) is 21.3. The SMILES string of the molecule is CN(C)CCNC(=O)C1CCCN(c2nccc3sccc23)C1. The van der Waals surface area contributed by atoms with E-state index >= 15 is 0 Å². The second-order valence-corrected chi connectivity index (χ2v) is 7.29. The molecule has 124 valence electrons. The number of carbonyl (C=O) groups is 1. The number of anilines is 1. The molecule has 0 radical (unpaired) electrons. The van der Waals surface area contributed by atoms with Crippen molar-refractivity contribution < 1.29 is 4.79 Å². The Hall–Kier alpha value is -1.66. The second kappa shape index (κ2) is 7.27. The minimum Gasteiger partial charge on any atom is -0.355 e. The number of piperidine rings is 1. The first kappa shape index (κ1) is 16.2. The lowest BCUT2D eigenvalue weighted by Gasteiger charge is -2.33. The molecule has 1 unspecified atom stereocenters. The second-order valence-electron chi connectivity index (χ2n) is 6.35. The van der Waals surface area contributed by atoms with Gasteiger partial charge in [0.25, 0.3) is 0 Å². The molecule has 6 heteroatoms. The Bertz CT molecular complexity index is 669. The van der Waals surface area contributed by atoms with Crippen LogP contribution < -0.4 is 10.2 Å². The van der Waals surface area contributed by atoms with Crippen molar-refractivity contribution in [3.05, 3.63) is 23.7 Å². The fraction of sp³-hybridized carbons (Fsp3) is 0.529. The predicted molar refractivity (Wildman–Crippen MR) is 96.1 cm³/mol. The Morgan fingerprint density at radius 3 is 3.17 bits per heavy atom. The van der Waals surface area contributed by atoms with Crippen LogP contribution in [0.2, 0.25) is 0 Å². The quantitative estimate of drug-likeness (QED) is 0.912. The van der Waals surface area contributed by atoms with Crippen molar-refractivity contribution in [1.29, 1.82) is 0 Å². The Labute approximate surface area is 141 Å². The van der Waals surface area contributed by atoms with Crippen molar-refractivity contribution in [2.75, 3.05) is 45.2 Å². The van der Waals surface area contributed by atoms with Crippen molar-refractivity contribution in [3.63, 3.8) is 0 Å². The third-order valence-electron chi connectivity index (χ3n) is 4.31. The van der Waals surface area contributed by atoms with E-state index in [0.717, 1.165) is 38.3 Å². The first-order valence-corrected chi connectivity index (χ1v) is 9.02. The van der Waals surface area contributed by atoms with E-state index in [4.69, 9.17) is 0 Å². The molecule has 0 aliphatic carbocycles. The normalized spacial score (nSPS) is 18.6. The number of nitrogens with one attached hydrogen (secondary N) is 1. The molecule has 23 heavy (non-hydrogen) atoms. The minimum absolute atomic E-state index is 0.0570. The Morgan fingerprint density at radius 2 is 2.35 bits per heavy atom. The zero-order valence-corrected chi connectivity index (χ0v) is 14.6. The number of amides is 1. The predicted octanol–water partition coefficient (Wildman–Crippen LogP) is 2.19. The molecule has 5 nitrogen and oxygen atoms in total. The van der Waals surface area contributed by atoms with E-state index in [1.807, 2.05) is 20.3 Å². The molecule has 3 heterocycles. The summed E-state index contributed by atoms with van der Waals surface area (Å²) in [5, 5.41) is 6.36. The molecule has 0 spiro atoms. The zero-order valence-electron chi connectivity index (χ0n) is 13.8. The highest BCUT2D eigenvalue weighted by atomic mass is 32.1. The highest BCUT2D eigenvalue weighted by molar-refractivity contribution is 7.17. The van der Waals surface area contributed by atoms with Crippen molar-refractivity contribution in [3.8, 4) is 0 Å². The summed E-state index contributed by atoms with van der Waals surface area (Å²) in [6.07, 6.45) is 3.87. The summed E-state index contributed by atoms with van der Waals surface area (Å²) in [5.41, 5.74) is 0. The Morgan fingerprint density at radius 1 is 1.48 bits per heavy atom. The molecule has 2 aromatic rings. The lowest BCUT2D eigenvalue weighted by Crippen LogP contribution is -2.44. The van der Waals surface area contributed by atoms with E-state index < -0.39 is 0 Å². The molecule has 1 fully saturated rings. The summed E-state index contributed by atoms with van der Waals surface area (Å²) in [5.74, 6) is 1.25. The number of carbonyl (C=O) groups excluding carboxylic acids is 1. The maximum Gasteiger partial charge on any atom is 0.224 e. The average molecular weight is 332 g/mol. The van der Waals surface area contributed by atoms with Crippen LogP contribution in [0.5, 0.6) is 0 Å². The lowest BCUT2D eigenvalue weighted by atomic mass is 9.97. The first-order valence-electron chi connectivity index (χ1n) is 8.15. The van der Waals surface area contributed by atoms with Crippen LogP contribution in [0.1, 0.15) is 12.8 Å². The van der Waals surface area contributed by atoms with Crippen LogP contribution in [0.3, 0.4) is 0 Å². The number of hydrogen-bond donors (Lipinski definition) is 1. The first-order chi connectivity index (χ1) is 11.1. The van der Waals surface area contributed by atoms with Gasteiger partial charge in [-0.25, -0.2) is 4.98 Å². The number of likely N-dealkylation sites (N-methyl/N-ethyl adjacent to an activating group) is 1. The molecule has 1 aliphatic rings. The molecule has 1 atom stereocenters. The van der Waals surface area contributed by atoms with Gasteiger partial charge in [0.1, 0.15) is 5.82 Å². The van der Waals surface area contributed by atoms with Crippen LogP contribution in [0.4, 0.5) is 5.82 Å². The summed E-state index contributed by atoms with van der Waals surface area (Å²) in [6, 6.07) is 4.18. The number of rotatable bonds is 5. The van der Waals surface area contributed by atoms with E-state index in [0.29, 0.717) is 6.54 Å². The number of fused-ring (bicyclic) bond motifs is 1. The summed E-state index contributed by atoms with van der Waals surface area (Å²) in [7, 11) is 4.03. The summed E-state index contributed by atoms with van der Waals surface area (Å²) < 4.78 is 1.26. The van der Waals surface area contributed by atoms with Crippen LogP contribution in [-0.4, -0.2) is 56.1 Å². The molecule has 0 saturated carbocycles. The van der Waals surface area contributed by atoms with Crippen LogP contribution in [-0.2, 0) is 4.79 Å². The Kier molecular flexibility index (Phi) is 5.13. The van der Waals surface area contributed by atoms with Gasteiger partial charge in [-0.1, -0.05) is 0 Å². The van der Waals surface area contributed by atoms with Gasteiger partial charge in [0.05, 0.1) is 5.92 Å². The van der Waals surface area contributed by atoms with Gasteiger partial charge in [-0.3, -0.25) is 4.79 Å². The van der Waals surface area contributed by atoms with Gasteiger partial charge in [0, 0.05) is 42.5 Å². The fourth-order valence-electron chi connectivity index (χ4n) is 3.06. The van der Waals surface area contributed by atoms with Crippen molar-refractivity contribution in [1.82, 2.24) is 15.2 Å². The molecular weight excluding hydrogens is 308 g/mol. The van der Waals surface area contributed by atoms with Crippen molar-refractivity contribution in [2.24, 2.45) is 5.92 Å². The van der Waals surface area contributed by atoms with Gasteiger partial charge in [0.15, 0.2) is 0 Å². The Balaban J connectivity index is 1.66. The van der Waals surface area contributed by atoms with E-state index in [1.54, 1.807) is 11.3 Å². The van der Waals surface area contributed by atoms with E-state index in [2.05, 4.69) is 37.6 Å². The summed E-state index contributed by atoms with van der Waals surface area (Å²) in [6.45, 7) is 3.32. The highest BCUT2D eigenvalue weighted by Gasteiger charge is 2.27. The molecule has 0 bridgehead atoms. The number of pyridine rings is 1. The van der Waals surface area contributed by atoms with Crippen molar-refractivity contribution >= 4 is 33.1 Å². The largest absolute Gasteiger partial charge is 0.355 e. The third kappa shape index (κ3) is 3.82. The van der Waals surface area contributed by atoms with E-state index in [-0.39, 0.29) is 11.8 Å². The molecule has 1 saturated heterocycles. The highest BCUT2D eigenvalue weighted by Crippen LogP contribution is 2.31. The van der Waals surface area contributed by atoms with Crippen LogP contribution >= 0.6 is 11.3 Å². The number of hydrogen-bond acceptors (Lipinski definition) is 5. The third-order valence-corrected chi connectivity index (χ3v) is 5.19. The van der Waals surface area contributed by atoms with Gasteiger partial charge in [0.2, 0.25) is 5.91 Å². The number of thiophene rings is 1. The molecular formula is C17H24N4OS. The monoisotopic (exact) mass is 332 g/mol. The number of nitrogens with zero attached hydrogens (tertiary/aromatic N) is 3. The zero-order chi connectivity index (χ0) is 16.2. The molecule has 2 aromatic heterocycles.